The van der Waals surface area contributed by atoms with Crippen LogP contribution >= 0.6 is 23.1 Å². The zero-order chi connectivity index (χ0) is 24.0. The molecule has 1 aromatic carbocycles. The van der Waals surface area contributed by atoms with Crippen LogP contribution in [0, 0.1) is 5.92 Å². The molecule has 176 valence electrons. The fraction of sp³-hybridized carbons (Fsp3) is 0.409. The molecule has 2 aromatic heterocycles. The number of aromatic nitrogens is 3. The van der Waals surface area contributed by atoms with Crippen molar-refractivity contribution < 1.29 is 14.3 Å². The predicted octanol–water partition coefficient (Wildman–Crippen LogP) is 3.65. The summed E-state index contributed by atoms with van der Waals surface area (Å²) in [5.41, 5.74) is 0.145. The molecule has 0 aliphatic heterocycles. The lowest BCUT2D eigenvalue weighted by Crippen LogP contribution is -2.50. The number of thioether (sulfide) groups is 1. The molecule has 1 amide bonds. The second-order valence-corrected chi connectivity index (χ2v) is 10.00. The van der Waals surface area contributed by atoms with Crippen molar-refractivity contribution in [2.24, 2.45) is 5.92 Å². The van der Waals surface area contributed by atoms with Gasteiger partial charge in [0.25, 0.3) is 5.91 Å². The summed E-state index contributed by atoms with van der Waals surface area (Å²) in [5, 5.41) is 10.1. The summed E-state index contributed by atoms with van der Waals surface area (Å²) in [6.07, 6.45) is 5.59. The fourth-order valence-electron chi connectivity index (χ4n) is 2.92. The Labute approximate surface area is 201 Å². The number of esters is 1. The lowest BCUT2D eigenvalue weighted by Gasteiger charge is -2.23. The van der Waals surface area contributed by atoms with Crippen molar-refractivity contribution in [1.82, 2.24) is 20.3 Å². The van der Waals surface area contributed by atoms with Gasteiger partial charge in [0.15, 0.2) is 5.13 Å². The van der Waals surface area contributed by atoms with Crippen LogP contribution in [0.3, 0.4) is 0 Å². The van der Waals surface area contributed by atoms with E-state index in [4.69, 9.17) is 4.74 Å². The van der Waals surface area contributed by atoms with Gasteiger partial charge in [-0.15, -0.1) is 11.8 Å². The summed E-state index contributed by atoms with van der Waals surface area (Å²) in [6, 6.07) is 5.28. The molecule has 0 bridgehead atoms. The molecule has 33 heavy (non-hydrogen) atoms. The van der Waals surface area contributed by atoms with Crippen molar-refractivity contribution in [3.8, 4) is 0 Å². The molecule has 3 aromatic rings. The quantitative estimate of drug-likeness (QED) is 0.290. The van der Waals surface area contributed by atoms with E-state index >= 15 is 0 Å². The van der Waals surface area contributed by atoms with Crippen molar-refractivity contribution in [3.05, 3.63) is 36.2 Å². The topological polar surface area (TPSA) is 118 Å². The molecular weight excluding hydrogens is 460 g/mol. The molecule has 0 fully saturated rings. The third-order valence-corrected chi connectivity index (χ3v) is 6.50. The largest absolute Gasteiger partial charge is 0.467 e. The first-order valence-electron chi connectivity index (χ1n) is 10.4. The third kappa shape index (κ3) is 6.55. The number of anilines is 2. The number of fused-ring (bicyclic) bond motifs is 1. The first-order valence-corrected chi connectivity index (χ1v) is 12.4. The average molecular weight is 489 g/mol. The maximum atomic E-state index is 12.6. The highest BCUT2D eigenvalue weighted by atomic mass is 32.2. The van der Waals surface area contributed by atoms with Crippen LogP contribution in [-0.4, -0.2) is 58.8 Å². The molecule has 0 saturated carbocycles. The van der Waals surface area contributed by atoms with Gasteiger partial charge in [-0.05, 0) is 44.2 Å². The number of hydrogen-bond donors (Lipinski definition) is 3. The van der Waals surface area contributed by atoms with Gasteiger partial charge in [-0.3, -0.25) is 4.79 Å². The highest BCUT2D eigenvalue weighted by molar-refractivity contribution is 7.98. The Kier molecular flexibility index (Phi) is 8.09. The number of carbonyl (C=O) groups is 2. The van der Waals surface area contributed by atoms with E-state index in [-0.39, 0.29) is 5.91 Å². The summed E-state index contributed by atoms with van der Waals surface area (Å²) in [5.74, 6) is 0.0691. The van der Waals surface area contributed by atoms with E-state index in [1.54, 1.807) is 56.2 Å². The van der Waals surface area contributed by atoms with Gasteiger partial charge in [-0.2, -0.15) is 0 Å². The molecule has 11 heteroatoms. The first-order chi connectivity index (χ1) is 15.7. The SMILES string of the molecule is COC(=O)C(C)(C)NC(=O)c1ccc2nc(NC[C@@H](C)CNc3ncc(SC)cn3)sc2c1. The number of ether oxygens (including phenoxy) is 1. The number of rotatable bonds is 10. The number of methoxy groups -OCH3 is 1. The number of amides is 1. The number of nitrogens with zero attached hydrogens (tertiary/aromatic N) is 3. The smallest absolute Gasteiger partial charge is 0.330 e. The van der Waals surface area contributed by atoms with E-state index < -0.39 is 11.5 Å². The highest BCUT2D eigenvalue weighted by Crippen LogP contribution is 2.27. The average Bonchev–Trinajstić information content (AvgIpc) is 3.23. The molecule has 9 nitrogen and oxygen atoms in total. The number of nitrogens with one attached hydrogen (secondary N) is 3. The van der Waals surface area contributed by atoms with Crippen LogP contribution < -0.4 is 16.0 Å². The Morgan fingerprint density at radius 2 is 1.88 bits per heavy atom. The van der Waals surface area contributed by atoms with E-state index in [0.717, 1.165) is 33.3 Å². The molecular formula is C22H28N6O3S2. The Morgan fingerprint density at radius 1 is 1.18 bits per heavy atom. The summed E-state index contributed by atoms with van der Waals surface area (Å²) in [4.78, 5) is 38.6. The molecule has 0 aliphatic rings. The van der Waals surface area contributed by atoms with Crippen LogP contribution in [0.15, 0.2) is 35.5 Å². The Balaban J connectivity index is 1.56. The minimum absolute atomic E-state index is 0.308. The van der Waals surface area contributed by atoms with Gasteiger partial charge >= 0.3 is 5.97 Å². The van der Waals surface area contributed by atoms with Crippen molar-refractivity contribution >= 4 is 56.3 Å². The van der Waals surface area contributed by atoms with Gasteiger partial charge in [0, 0.05) is 35.9 Å². The monoisotopic (exact) mass is 488 g/mol. The standard InChI is InChI=1S/C22H28N6O3S2/c1-13(9-23-20-24-11-15(32-5)12-25-20)10-26-21-27-16-7-6-14(8-17(16)33-21)18(29)28-22(2,3)19(30)31-4/h6-8,11-13H,9-10H2,1-5H3,(H,26,27)(H,28,29)(H,23,24,25)/t13-/m0/s1. The second kappa shape index (κ2) is 10.8. The summed E-state index contributed by atoms with van der Waals surface area (Å²) in [6.45, 7) is 6.76. The van der Waals surface area contributed by atoms with E-state index in [1.807, 2.05) is 6.26 Å². The third-order valence-electron chi connectivity index (χ3n) is 4.85. The molecule has 0 unspecified atom stereocenters. The molecule has 1 atom stereocenters. The lowest BCUT2D eigenvalue weighted by molar-refractivity contribution is -0.146. The summed E-state index contributed by atoms with van der Waals surface area (Å²) >= 11 is 3.08. The van der Waals surface area contributed by atoms with Crippen LogP contribution in [0.4, 0.5) is 11.1 Å². The highest BCUT2D eigenvalue weighted by Gasteiger charge is 2.30. The maximum Gasteiger partial charge on any atom is 0.330 e. The van der Waals surface area contributed by atoms with Crippen LogP contribution in [-0.2, 0) is 9.53 Å². The van der Waals surface area contributed by atoms with E-state index in [1.165, 1.54) is 18.4 Å². The van der Waals surface area contributed by atoms with E-state index in [0.29, 0.717) is 17.4 Å². The normalized spacial score (nSPS) is 12.3. The van der Waals surface area contributed by atoms with Gasteiger partial charge < -0.3 is 20.7 Å². The lowest BCUT2D eigenvalue weighted by atomic mass is 10.1. The van der Waals surface area contributed by atoms with Crippen LogP contribution in [0.1, 0.15) is 31.1 Å². The van der Waals surface area contributed by atoms with Gasteiger partial charge in [0.05, 0.1) is 17.3 Å². The van der Waals surface area contributed by atoms with Gasteiger partial charge in [0.1, 0.15) is 5.54 Å². The zero-order valence-electron chi connectivity index (χ0n) is 19.3. The molecule has 3 rings (SSSR count). The predicted molar refractivity (Wildman–Crippen MR) is 133 cm³/mol. The van der Waals surface area contributed by atoms with Crippen molar-refractivity contribution in [3.63, 3.8) is 0 Å². The summed E-state index contributed by atoms with van der Waals surface area (Å²) in [7, 11) is 1.29. The Morgan fingerprint density at radius 3 is 2.55 bits per heavy atom. The zero-order valence-corrected chi connectivity index (χ0v) is 20.9. The minimum atomic E-state index is -1.12. The first kappa shape index (κ1) is 24.7. The fourth-order valence-corrected chi connectivity index (χ4v) is 4.14. The molecule has 2 heterocycles. The molecule has 3 N–H and O–H groups in total. The molecule has 0 aliphatic carbocycles. The Hall–Kier alpha value is -2.92. The van der Waals surface area contributed by atoms with Crippen molar-refractivity contribution in [2.45, 2.75) is 31.2 Å². The maximum absolute atomic E-state index is 12.6. The van der Waals surface area contributed by atoms with Crippen LogP contribution in [0.2, 0.25) is 0 Å². The number of benzene rings is 1. The molecule has 0 saturated heterocycles. The van der Waals surface area contributed by atoms with Gasteiger partial charge in [-0.1, -0.05) is 18.3 Å². The van der Waals surface area contributed by atoms with Crippen LogP contribution in [0.25, 0.3) is 10.2 Å². The van der Waals surface area contributed by atoms with Gasteiger partial charge in [-0.25, -0.2) is 19.7 Å². The van der Waals surface area contributed by atoms with Crippen molar-refractivity contribution in [1.29, 1.82) is 0 Å². The van der Waals surface area contributed by atoms with E-state index in [9.17, 15) is 9.59 Å². The number of thiazole rings is 1. The van der Waals surface area contributed by atoms with Gasteiger partial charge in [0.2, 0.25) is 5.95 Å². The van der Waals surface area contributed by atoms with Crippen LogP contribution in [0.5, 0.6) is 0 Å². The minimum Gasteiger partial charge on any atom is -0.467 e. The number of carbonyl (C=O) groups excluding carboxylic acids is 2. The second-order valence-electron chi connectivity index (χ2n) is 8.09. The summed E-state index contributed by atoms with van der Waals surface area (Å²) < 4.78 is 5.62. The van der Waals surface area contributed by atoms with E-state index in [2.05, 4.69) is 37.8 Å². The number of hydrogen-bond acceptors (Lipinski definition) is 10. The Bertz CT molecular complexity index is 1120. The molecule has 0 radical (unpaired) electrons. The molecule has 0 spiro atoms. The van der Waals surface area contributed by atoms with Crippen molar-refractivity contribution in [2.75, 3.05) is 37.1 Å².